The zero-order valence-electron chi connectivity index (χ0n) is 12.5. The predicted octanol–water partition coefficient (Wildman–Crippen LogP) is 5.63. The van der Waals surface area contributed by atoms with Gasteiger partial charge >= 0.3 is 0 Å². The molecule has 0 unspecified atom stereocenters. The van der Waals surface area contributed by atoms with Gasteiger partial charge in [-0.05, 0) is 48.9 Å². The predicted molar refractivity (Wildman–Crippen MR) is 99.0 cm³/mol. The molecule has 5 nitrogen and oxygen atoms in total. The van der Waals surface area contributed by atoms with Crippen molar-refractivity contribution in [2.45, 2.75) is 6.92 Å². The molecule has 0 atom stereocenters. The second-order valence-electron chi connectivity index (χ2n) is 5.00. The monoisotopic (exact) mass is 379 g/mol. The second-order valence-corrected chi connectivity index (χ2v) is 6.28. The van der Waals surface area contributed by atoms with Gasteiger partial charge in [0, 0.05) is 15.7 Å². The van der Waals surface area contributed by atoms with Crippen LogP contribution in [0.5, 0.6) is 0 Å². The van der Waals surface area contributed by atoms with E-state index in [1.807, 2.05) is 19.1 Å². The number of aromatic nitrogens is 3. The first kappa shape index (κ1) is 16.8. The molecule has 24 heavy (non-hydrogen) atoms. The summed E-state index contributed by atoms with van der Waals surface area (Å²) in [4.78, 5) is 4.37. The molecular weight excluding hydrogens is 369 g/mol. The van der Waals surface area contributed by atoms with Crippen LogP contribution in [0.1, 0.15) is 5.56 Å². The molecule has 0 fully saturated rings. The molecule has 0 aliphatic rings. The molecule has 0 aliphatic heterocycles. The molecular formula is C16H12Cl3N5. The minimum Gasteiger partial charge on any atom is -0.339 e. The number of anilines is 4. The Kier molecular flexibility index (Phi) is 5.04. The Morgan fingerprint density at radius 2 is 1.58 bits per heavy atom. The van der Waals surface area contributed by atoms with Crippen molar-refractivity contribution in [2.75, 3.05) is 10.6 Å². The van der Waals surface area contributed by atoms with Gasteiger partial charge in [-0.25, -0.2) is 0 Å². The molecule has 2 N–H and O–H groups in total. The van der Waals surface area contributed by atoms with Crippen molar-refractivity contribution in [3.05, 3.63) is 63.2 Å². The quantitative estimate of drug-likeness (QED) is 0.614. The molecule has 0 radical (unpaired) electrons. The lowest BCUT2D eigenvalue weighted by atomic mass is 10.2. The van der Waals surface area contributed by atoms with Crippen LogP contribution < -0.4 is 10.6 Å². The molecule has 0 spiro atoms. The highest BCUT2D eigenvalue weighted by Gasteiger charge is 2.07. The largest absolute Gasteiger partial charge is 0.339 e. The average molecular weight is 381 g/mol. The standard InChI is InChI=1S/C16H12Cl3N5/c1-9-6-10(17)2-4-13(9)21-15-8-20-24-16(23-15)22-14-5-3-11(18)7-12(14)19/h2-8H,1H3,(H2,21,22,23,24). The Bertz CT molecular complexity index is 817. The van der Waals surface area contributed by atoms with Crippen molar-refractivity contribution in [1.82, 2.24) is 15.2 Å². The van der Waals surface area contributed by atoms with Gasteiger partial charge in [0.25, 0.3) is 0 Å². The average Bonchev–Trinajstić information content (AvgIpc) is 2.53. The van der Waals surface area contributed by atoms with E-state index in [1.54, 1.807) is 24.3 Å². The summed E-state index contributed by atoms with van der Waals surface area (Å²) in [5.74, 6) is 0.860. The normalized spacial score (nSPS) is 10.5. The minimum absolute atomic E-state index is 0.316. The SMILES string of the molecule is Cc1cc(Cl)ccc1Nc1cnnc(Nc2ccc(Cl)cc2Cl)n1. The van der Waals surface area contributed by atoms with E-state index in [0.29, 0.717) is 32.5 Å². The van der Waals surface area contributed by atoms with Gasteiger partial charge in [0.2, 0.25) is 5.95 Å². The number of nitrogens with zero attached hydrogens (tertiary/aromatic N) is 3. The van der Waals surface area contributed by atoms with Crippen molar-refractivity contribution in [1.29, 1.82) is 0 Å². The van der Waals surface area contributed by atoms with E-state index < -0.39 is 0 Å². The van der Waals surface area contributed by atoms with Crippen LogP contribution in [0.2, 0.25) is 15.1 Å². The Morgan fingerprint density at radius 3 is 2.29 bits per heavy atom. The van der Waals surface area contributed by atoms with Gasteiger partial charge in [-0.2, -0.15) is 10.1 Å². The topological polar surface area (TPSA) is 62.7 Å². The third kappa shape index (κ3) is 4.06. The maximum Gasteiger partial charge on any atom is 0.249 e. The summed E-state index contributed by atoms with van der Waals surface area (Å²) in [5.41, 5.74) is 2.52. The van der Waals surface area contributed by atoms with Gasteiger partial charge in [0.1, 0.15) is 0 Å². The van der Waals surface area contributed by atoms with E-state index in [0.717, 1.165) is 11.3 Å². The maximum atomic E-state index is 6.13. The number of hydrogen-bond acceptors (Lipinski definition) is 5. The molecule has 2 aromatic carbocycles. The molecule has 122 valence electrons. The van der Waals surface area contributed by atoms with Crippen molar-refractivity contribution in [3.8, 4) is 0 Å². The van der Waals surface area contributed by atoms with E-state index in [9.17, 15) is 0 Å². The van der Waals surface area contributed by atoms with Gasteiger partial charge in [-0.3, -0.25) is 0 Å². The van der Waals surface area contributed by atoms with Crippen molar-refractivity contribution in [3.63, 3.8) is 0 Å². The lowest BCUT2D eigenvalue weighted by molar-refractivity contribution is 0.982. The van der Waals surface area contributed by atoms with E-state index in [2.05, 4.69) is 25.8 Å². The fraction of sp³-hybridized carbons (Fsp3) is 0.0625. The molecule has 1 aromatic heterocycles. The molecule has 8 heteroatoms. The third-order valence-electron chi connectivity index (χ3n) is 3.19. The van der Waals surface area contributed by atoms with Gasteiger partial charge in [-0.15, -0.1) is 5.10 Å². The van der Waals surface area contributed by atoms with E-state index >= 15 is 0 Å². The lowest BCUT2D eigenvalue weighted by Crippen LogP contribution is -2.03. The van der Waals surface area contributed by atoms with Gasteiger partial charge < -0.3 is 10.6 Å². The summed E-state index contributed by atoms with van der Waals surface area (Å²) >= 11 is 18.0. The van der Waals surface area contributed by atoms with Crippen LogP contribution in [-0.2, 0) is 0 Å². The fourth-order valence-electron chi connectivity index (χ4n) is 2.03. The van der Waals surface area contributed by atoms with Crippen LogP contribution in [0.3, 0.4) is 0 Å². The number of halogens is 3. The summed E-state index contributed by atoms with van der Waals surface area (Å²) in [5, 5.41) is 15.8. The fourth-order valence-corrected chi connectivity index (χ4v) is 2.72. The highest BCUT2D eigenvalue weighted by Crippen LogP contribution is 2.27. The first-order valence-corrected chi connectivity index (χ1v) is 8.09. The number of rotatable bonds is 4. The number of aryl methyl sites for hydroxylation is 1. The van der Waals surface area contributed by atoms with Gasteiger partial charge in [0.05, 0.1) is 16.9 Å². The highest BCUT2D eigenvalue weighted by atomic mass is 35.5. The van der Waals surface area contributed by atoms with Crippen LogP contribution in [0.15, 0.2) is 42.6 Å². The molecule has 0 bridgehead atoms. The molecule has 0 saturated heterocycles. The van der Waals surface area contributed by atoms with Crippen LogP contribution in [0.25, 0.3) is 0 Å². The van der Waals surface area contributed by atoms with Crippen molar-refractivity contribution >= 4 is 57.9 Å². The Hall–Kier alpha value is -2.08. The summed E-state index contributed by atoms with van der Waals surface area (Å²) in [7, 11) is 0. The molecule has 1 heterocycles. The zero-order valence-corrected chi connectivity index (χ0v) is 14.8. The van der Waals surface area contributed by atoms with E-state index in [-0.39, 0.29) is 0 Å². The molecule has 0 aliphatic carbocycles. The Morgan fingerprint density at radius 1 is 0.875 bits per heavy atom. The third-order valence-corrected chi connectivity index (χ3v) is 3.97. The van der Waals surface area contributed by atoms with Crippen LogP contribution in [-0.4, -0.2) is 15.2 Å². The van der Waals surface area contributed by atoms with Gasteiger partial charge in [-0.1, -0.05) is 34.8 Å². The molecule has 0 amide bonds. The molecule has 3 aromatic rings. The maximum absolute atomic E-state index is 6.13. The van der Waals surface area contributed by atoms with E-state index in [1.165, 1.54) is 6.20 Å². The smallest absolute Gasteiger partial charge is 0.249 e. The number of benzene rings is 2. The minimum atomic E-state index is 0.316. The highest BCUT2D eigenvalue weighted by molar-refractivity contribution is 6.36. The summed E-state index contributed by atoms with van der Waals surface area (Å²) < 4.78 is 0. The number of hydrogen-bond donors (Lipinski definition) is 2. The zero-order chi connectivity index (χ0) is 17.1. The van der Waals surface area contributed by atoms with Crippen molar-refractivity contribution in [2.24, 2.45) is 0 Å². The second kappa shape index (κ2) is 7.21. The Balaban J connectivity index is 1.81. The first-order chi connectivity index (χ1) is 11.5. The molecule has 3 rings (SSSR count). The summed E-state index contributed by atoms with van der Waals surface area (Å²) in [6.07, 6.45) is 1.53. The molecule has 0 saturated carbocycles. The van der Waals surface area contributed by atoms with Crippen LogP contribution in [0, 0.1) is 6.92 Å². The lowest BCUT2D eigenvalue weighted by Gasteiger charge is -2.10. The van der Waals surface area contributed by atoms with Crippen LogP contribution >= 0.6 is 34.8 Å². The first-order valence-electron chi connectivity index (χ1n) is 6.96. The summed E-state index contributed by atoms with van der Waals surface area (Å²) in [6.45, 7) is 1.95. The van der Waals surface area contributed by atoms with Crippen molar-refractivity contribution < 1.29 is 0 Å². The summed E-state index contributed by atoms with van der Waals surface area (Å²) in [6, 6.07) is 10.7. The van der Waals surface area contributed by atoms with Gasteiger partial charge in [0.15, 0.2) is 5.82 Å². The van der Waals surface area contributed by atoms with E-state index in [4.69, 9.17) is 34.8 Å². The number of nitrogens with one attached hydrogen (secondary N) is 2. The van der Waals surface area contributed by atoms with Crippen LogP contribution in [0.4, 0.5) is 23.1 Å². The Labute approximate surface area is 154 Å².